The van der Waals surface area contributed by atoms with E-state index in [1.807, 2.05) is 6.92 Å². The number of hydrogen-bond donors (Lipinski definition) is 3. The Morgan fingerprint density at radius 1 is 1.24 bits per heavy atom. The van der Waals surface area contributed by atoms with Crippen molar-refractivity contribution in [3.63, 3.8) is 0 Å². The highest BCUT2D eigenvalue weighted by Crippen LogP contribution is 2.00. The van der Waals surface area contributed by atoms with E-state index in [1.54, 1.807) is 0 Å². The van der Waals surface area contributed by atoms with Gasteiger partial charge in [-0.25, -0.2) is 0 Å². The summed E-state index contributed by atoms with van der Waals surface area (Å²) in [6.45, 7) is 4.02. The van der Waals surface area contributed by atoms with Crippen molar-refractivity contribution in [2.75, 3.05) is 13.1 Å². The van der Waals surface area contributed by atoms with Crippen molar-refractivity contribution in [3.8, 4) is 0 Å². The van der Waals surface area contributed by atoms with Gasteiger partial charge in [0, 0.05) is 12.5 Å². The first-order valence-corrected chi connectivity index (χ1v) is 5.73. The van der Waals surface area contributed by atoms with Crippen LogP contribution < -0.4 is 10.6 Å². The third-order valence-corrected chi connectivity index (χ3v) is 2.20. The third kappa shape index (κ3) is 8.24. The Morgan fingerprint density at radius 3 is 2.41 bits per heavy atom. The molecule has 6 nitrogen and oxygen atoms in total. The van der Waals surface area contributed by atoms with E-state index < -0.39 is 17.8 Å². The van der Waals surface area contributed by atoms with Crippen LogP contribution in [-0.4, -0.2) is 36.0 Å². The molecule has 0 spiro atoms. The molecular weight excluding hydrogens is 224 g/mol. The highest BCUT2D eigenvalue weighted by Gasteiger charge is 2.16. The lowest BCUT2D eigenvalue weighted by atomic mass is 10.1. The molecule has 0 aromatic carbocycles. The van der Waals surface area contributed by atoms with Crippen LogP contribution in [-0.2, 0) is 14.4 Å². The molecule has 3 N–H and O–H groups in total. The van der Waals surface area contributed by atoms with Gasteiger partial charge in [0.1, 0.15) is 0 Å². The summed E-state index contributed by atoms with van der Waals surface area (Å²) in [6, 6.07) is 0. The van der Waals surface area contributed by atoms with Crippen molar-refractivity contribution in [1.29, 1.82) is 0 Å². The summed E-state index contributed by atoms with van der Waals surface area (Å²) in [5, 5.41) is 13.5. The van der Waals surface area contributed by atoms with Crippen LogP contribution in [0, 0.1) is 5.92 Å². The highest BCUT2D eigenvalue weighted by atomic mass is 16.4. The first-order chi connectivity index (χ1) is 7.97. The molecule has 1 unspecified atom stereocenters. The Hall–Kier alpha value is -1.59. The summed E-state index contributed by atoms with van der Waals surface area (Å²) >= 11 is 0. The second-order valence-electron chi connectivity index (χ2n) is 3.92. The van der Waals surface area contributed by atoms with Crippen LogP contribution in [0.4, 0.5) is 0 Å². The predicted octanol–water partition coefficient (Wildman–Crippen LogP) is 0.130. The van der Waals surface area contributed by atoms with Gasteiger partial charge in [-0.15, -0.1) is 0 Å². The van der Waals surface area contributed by atoms with Gasteiger partial charge in [-0.1, -0.05) is 20.3 Å². The molecule has 0 radical (unpaired) electrons. The van der Waals surface area contributed by atoms with Crippen molar-refractivity contribution < 1.29 is 19.5 Å². The van der Waals surface area contributed by atoms with E-state index in [-0.39, 0.29) is 18.9 Å². The molecule has 0 bridgehead atoms. The fraction of sp³-hybridized carbons (Fsp3) is 0.727. The normalized spacial score (nSPS) is 11.6. The van der Waals surface area contributed by atoms with Gasteiger partial charge in [0.25, 0.3) is 0 Å². The van der Waals surface area contributed by atoms with Gasteiger partial charge in [0.05, 0.1) is 13.0 Å². The lowest BCUT2D eigenvalue weighted by molar-refractivity contribution is -0.140. The first kappa shape index (κ1) is 15.4. The summed E-state index contributed by atoms with van der Waals surface area (Å²) in [4.78, 5) is 33.0. The molecule has 0 aliphatic heterocycles. The topological polar surface area (TPSA) is 95.5 Å². The molecule has 6 heteroatoms. The lowest BCUT2D eigenvalue weighted by Crippen LogP contribution is -2.39. The fourth-order valence-electron chi connectivity index (χ4n) is 1.16. The minimum Gasteiger partial charge on any atom is -0.481 e. The van der Waals surface area contributed by atoms with Crippen LogP contribution >= 0.6 is 0 Å². The maximum Gasteiger partial charge on any atom is 0.304 e. The van der Waals surface area contributed by atoms with Gasteiger partial charge >= 0.3 is 5.97 Å². The number of rotatable bonds is 8. The van der Waals surface area contributed by atoms with Crippen LogP contribution in [0.2, 0.25) is 0 Å². The minimum absolute atomic E-state index is 0.105. The van der Waals surface area contributed by atoms with Crippen LogP contribution in [0.25, 0.3) is 0 Å². The van der Waals surface area contributed by atoms with E-state index in [0.717, 1.165) is 12.8 Å². The summed E-state index contributed by atoms with van der Waals surface area (Å²) in [7, 11) is 0. The lowest BCUT2D eigenvalue weighted by Gasteiger charge is -2.10. The summed E-state index contributed by atoms with van der Waals surface area (Å²) in [5.74, 6) is -2.33. The molecule has 0 aromatic heterocycles. The zero-order valence-electron chi connectivity index (χ0n) is 10.3. The SMILES string of the molecule is CCCCNC(=O)CNC(=O)C(C)CC(=O)O. The number of unbranched alkanes of at least 4 members (excludes halogenated alkanes) is 1. The van der Waals surface area contributed by atoms with Crippen molar-refractivity contribution >= 4 is 17.8 Å². The van der Waals surface area contributed by atoms with Gasteiger partial charge < -0.3 is 15.7 Å². The summed E-state index contributed by atoms with van der Waals surface area (Å²) < 4.78 is 0. The van der Waals surface area contributed by atoms with Gasteiger partial charge in [-0.2, -0.15) is 0 Å². The third-order valence-electron chi connectivity index (χ3n) is 2.20. The van der Waals surface area contributed by atoms with E-state index in [1.165, 1.54) is 6.92 Å². The Morgan fingerprint density at radius 2 is 1.88 bits per heavy atom. The van der Waals surface area contributed by atoms with E-state index in [4.69, 9.17) is 5.11 Å². The number of hydrogen-bond acceptors (Lipinski definition) is 3. The number of carbonyl (C=O) groups excluding carboxylic acids is 2. The van der Waals surface area contributed by atoms with E-state index in [0.29, 0.717) is 6.54 Å². The molecule has 0 aromatic rings. The molecule has 0 saturated heterocycles. The molecule has 0 fully saturated rings. The molecule has 0 saturated carbocycles. The molecule has 0 rings (SSSR count). The summed E-state index contributed by atoms with van der Waals surface area (Å²) in [6.07, 6.45) is 1.65. The van der Waals surface area contributed by atoms with Gasteiger partial charge in [-0.05, 0) is 6.42 Å². The number of carboxylic acid groups (broad SMARTS) is 1. The van der Waals surface area contributed by atoms with Gasteiger partial charge in [-0.3, -0.25) is 14.4 Å². The quantitative estimate of drug-likeness (QED) is 0.529. The van der Waals surface area contributed by atoms with Crippen molar-refractivity contribution in [1.82, 2.24) is 10.6 Å². The Kier molecular flexibility index (Phi) is 7.75. The highest BCUT2D eigenvalue weighted by molar-refractivity contribution is 5.87. The van der Waals surface area contributed by atoms with Crippen molar-refractivity contribution in [3.05, 3.63) is 0 Å². The fourth-order valence-corrected chi connectivity index (χ4v) is 1.16. The molecular formula is C11H20N2O4. The smallest absolute Gasteiger partial charge is 0.304 e. The number of nitrogens with one attached hydrogen (secondary N) is 2. The molecule has 17 heavy (non-hydrogen) atoms. The molecule has 0 aliphatic rings. The zero-order valence-corrected chi connectivity index (χ0v) is 10.3. The van der Waals surface area contributed by atoms with E-state index >= 15 is 0 Å². The molecule has 1 atom stereocenters. The second-order valence-corrected chi connectivity index (χ2v) is 3.92. The standard InChI is InChI=1S/C11H20N2O4/c1-3-4-5-12-9(14)7-13-11(17)8(2)6-10(15)16/h8H,3-7H2,1-2H3,(H,12,14)(H,13,17)(H,15,16). The second kappa shape index (κ2) is 8.55. The van der Waals surface area contributed by atoms with Crippen LogP contribution in [0.15, 0.2) is 0 Å². The maximum absolute atomic E-state index is 11.4. The Balaban J connectivity index is 3.75. The predicted molar refractivity (Wildman–Crippen MR) is 62.3 cm³/mol. The molecule has 2 amide bonds. The average Bonchev–Trinajstić information content (AvgIpc) is 2.25. The Bertz CT molecular complexity index is 279. The maximum atomic E-state index is 11.4. The Labute approximate surface area is 101 Å². The number of carboxylic acids is 1. The molecule has 0 aliphatic carbocycles. The van der Waals surface area contributed by atoms with E-state index in [9.17, 15) is 14.4 Å². The van der Waals surface area contributed by atoms with Gasteiger partial charge in [0.15, 0.2) is 0 Å². The number of aliphatic carboxylic acids is 1. The molecule has 98 valence electrons. The van der Waals surface area contributed by atoms with Crippen molar-refractivity contribution in [2.24, 2.45) is 5.92 Å². The summed E-state index contributed by atoms with van der Waals surface area (Å²) in [5.41, 5.74) is 0. The monoisotopic (exact) mass is 244 g/mol. The largest absolute Gasteiger partial charge is 0.481 e. The number of carbonyl (C=O) groups is 3. The van der Waals surface area contributed by atoms with E-state index in [2.05, 4.69) is 10.6 Å². The minimum atomic E-state index is -1.03. The van der Waals surface area contributed by atoms with Crippen LogP contribution in [0.1, 0.15) is 33.1 Å². The number of amides is 2. The first-order valence-electron chi connectivity index (χ1n) is 5.73. The average molecular weight is 244 g/mol. The molecule has 0 heterocycles. The van der Waals surface area contributed by atoms with Gasteiger partial charge in [0.2, 0.25) is 11.8 Å². The van der Waals surface area contributed by atoms with Crippen molar-refractivity contribution in [2.45, 2.75) is 33.1 Å². The zero-order chi connectivity index (χ0) is 13.3. The van der Waals surface area contributed by atoms with Crippen LogP contribution in [0.3, 0.4) is 0 Å². The van der Waals surface area contributed by atoms with Crippen LogP contribution in [0.5, 0.6) is 0 Å².